The molecule has 0 saturated carbocycles. The first-order valence-electron chi connectivity index (χ1n) is 17.2. The van der Waals surface area contributed by atoms with Crippen LogP contribution < -0.4 is 30.9 Å². The van der Waals surface area contributed by atoms with E-state index in [9.17, 15) is 0 Å². The van der Waals surface area contributed by atoms with Crippen LogP contribution in [-0.4, -0.2) is 22.9 Å². The van der Waals surface area contributed by atoms with E-state index >= 15 is 0 Å². The molecule has 0 N–H and O–H groups in total. The Morgan fingerprint density at radius 1 is 0.580 bits per heavy atom. The number of hydrogen-bond donors (Lipinski definition) is 0. The molecule has 238 valence electrons. The van der Waals surface area contributed by atoms with Crippen molar-refractivity contribution in [2.45, 2.75) is 13.8 Å². The Bertz CT molecular complexity index is 2580. The molecule has 50 heavy (non-hydrogen) atoms. The summed E-state index contributed by atoms with van der Waals surface area (Å²) in [4.78, 5) is 9.61. The maximum Gasteiger partial charge on any atom is 0.247 e. The molecule has 0 saturated heterocycles. The molecular weight excluding hydrogens is 611 g/mol. The lowest BCUT2D eigenvalue weighted by Crippen LogP contribution is -2.58. The Morgan fingerprint density at radius 2 is 1.32 bits per heavy atom. The largest absolute Gasteiger partial charge is 0.457 e. The van der Waals surface area contributed by atoms with Crippen molar-refractivity contribution in [3.05, 3.63) is 163 Å². The number of fused-ring (bicyclic) bond motifs is 5. The number of ether oxygens (including phenoxy) is 1. The standard InChI is InChI=1S/C44H33BN4O/c1-29-12-10-13-30(2)43(29)45-36-24-22-33(27-41(36)48-28-47(31-14-4-3-5-15-31)39-19-11-17-37(45)44(39)48)50-32-21-23-35-34-16-6-7-18-38(34)49(40(35)26-32)42-20-8-9-25-46-42/h3-27H,28H2,1-2H3. The summed E-state index contributed by atoms with van der Waals surface area (Å²) in [5, 5.41) is 2.36. The summed E-state index contributed by atoms with van der Waals surface area (Å²) in [5.41, 5.74) is 13.7. The van der Waals surface area contributed by atoms with E-state index < -0.39 is 0 Å². The van der Waals surface area contributed by atoms with Crippen LogP contribution in [-0.2, 0) is 0 Å². The van der Waals surface area contributed by atoms with Gasteiger partial charge in [0, 0.05) is 40.5 Å². The molecule has 6 heteroatoms. The quantitative estimate of drug-likeness (QED) is 0.176. The third-order valence-electron chi connectivity index (χ3n) is 10.5. The number of benzene rings is 6. The van der Waals surface area contributed by atoms with Gasteiger partial charge in [0.2, 0.25) is 6.71 Å². The SMILES string of the molecule is Cc1cccc(C)c1B1c2ccc(Oc3ccc4c5ccccc5n(-c5ccccn5)c4c3)cc2N2CN(c3ccccc3)c3cccc1c32. The first-order chi connectivity index (χ1) is 24.6. The molecule has 0 atom stereocenters. The van der Waals surface area contributed by atoms with Crippen molar-refractivity contribution >= 4 is 67.7 Å². The van der Waals surface area contributed by atoms with Gasteiger partial charge in [-0.2, -0.15) is 0 Å². The number of para-hydroxylation sites is 3. The van der Waals surface area contributed by atoms with E-state index in [0.29, 0.717) is 0 Å². The normalized spacial score (nSPS) is 13.2. The molecule has 5 nitrogen and oxygen atoms in total. The first kappa shape index (κ1) is 28.7. The molecule has 6 aromatic carbocycles. The maximum absolute atomic E-state index is 6.76. The van der Waals surface area contributed by atoms with Crippen molar-refractivity contribution in [2.75, 3.05) is 16.5 Å². The van der Waals surface area contributed by atoms with Crippen LogP contribution in [0.3, 0.4) is 0 Å². The lowest BCUT2D eigenvalue weighted by atomic mass is 9.34. The maximum atomic E-state index is 6.76. The number of anilines is 4. The molecule has 2 aliphatic heterocycles. The van der Waals surface area contributed by atoms with Gasteiger partial charge in [0.05, 0.1) is 22.4 Å². The summed E-state index contributed by atoms with van der Waals surface area (Å²) in [6.45, 7) is 5.31. The molecule has 0 unspecified atom stereocenters. The molecular formula is C44H33BN4O. The van der Waals surface area contributed by atoms with Crippen molar-refractivity contribution in [3.63, 3.8) is 0 Å². The van der Waals surface area contributed by atoms with E-state index in [1.165, 1.54) is 61.0 Å². The molecule has 2 aliphatic rings. The van der Waals surface area contributed by atoms with Crippen molar-refractivity contribution < 1.29 is 4.74 Å². The van der Waals surface area contributed by atoms with Gasteiger partial charge in [-0.1, -0.05) is 95.5 Å². The number of nitrogens with zero attached hydrogens (tertiary/aromatic N) is 4. The Hall–Kier alpha value is -6.27. The molecule has 0 aliphatic carbocycles. The van der Waals surface area contributed by atoms with Crippen LogP contribution in [0.5, 0.6) is 11.5 Å². The zero-order valence-corrected chi connectivity index (χ0v) is 27.9. The van der Waals surface area contributed by atoms with Gasteiger partial charge in [-0.25, -0.2) is 4.98 Å². The van der Waals surface area contributed by atoms with E-state index in [1.54, 1.807) is 0 Å². The molecule has 2 aromatic heterocycles. The summed E-state index contributed by atoms with van der Waals surface area (Å²) in [5.74, 6) is 2.48. The van der Waals surface area contributed by atoms with Gasteiger partial charge in [0.15, 0.2) is 0 Å². The van der Waals surface area contributed by atoms with Crippen molar-refractivity contribution in [1.29, 1.82) is 0 Å². The highest BCUT2D eigenvalue weighted by Crippen LogP contribution is 2.46. The highest BCUT2D eigenvalue weighted by atomic mass is 16.5. The average molecular weight is 645 g/mol. The minimum absolute atomic E-state index is 0.104. The Morgan fingerprint density at radius 3 is 2.16 bits per heavy atom. The number of pyridine rings is 1. The molecule has 0 fully saturated rings. The van der Waals surface area contributed by atoms with E-state index in [2.05, 4.69) is 162 Å². The molecule has 0 amide bonds. The number of hydrogen-bond acceptors (Lipinski definition) is 4. The number of aromatic nitrogens is 2. The highest BCUT2D eigenvalue weighted by Gasteiger charge is 2.42. The van der Waals surface area contributed by atoms with Crippen LogP contribution in [0.4, 0.5) is 22.7 Å². The van der Waals surface area contributed by atoms with Gasteiger partial charge < -0.3 is 14.5 Å². The Kier molecular flexibility index (Phi) is 6.40. The zero-order chi connectivity index (χ0) is 33.3. The minimum atomic E-state index is 0.104. The van der Waals surface area contributed by atoms with Gasteiger partial charge in [-0.15, -0.1) is 0 Å². The van der Waals surface area contributed by atoms with Crippen LogP contribution in [0, 0.1) is 13.8 Å². The summed E-state index contributed by atoms with van der Waals surface area (Å²) >= 11 is 0. The number of rotatable bonds is 5. The van der Waals surface area contributed by atoms with E-state index in [1.807, 2.05) is 18.3 Å². The second-order valence-electron chi connectivity index (χ2n) is 13.3. The van der Waals surface area contributed by atoms with Crippen LogP contribution >= 0.6 is 0 Å². The predicted octanol–water partition coefficient (Wildman–Crippen LogP) is 8.66. The van der Waals surface area contributed by atoms with Gasteiger partial charge in [0.25, 0.3) is 0 Å². The second kappa shape index (κ2) is 11.1. The molecule has 0 spiro atoms. The van der Waals surface area contributed by atoms with Crippen molar-refractivity contribution in [3.8, 4) is 17.3 Å². The average Bonchev–Trinajstić information content (AvgIpc) is 3.71. The third kappa shape index (κ3) is 4.31. The van der Waals surface area contributed by atoms with Gasteiger partial charge in [0.1, 0.15) is 24.0 Å². The monoisotopic (exact) mass is 644 g/mol. The second-order valence-corrected chi connectivity index (χ2v) is 13.3. The Labute approximate surface area is 291 Å². The lowest BCUT2D eigenvalue weighted by molar-refractivity contribution is 0.483. The zero-order valence-electron chi connectivity index (χ0n) is 27.9. The van der Waals surface area contributed by atoms with Gasteiger partial charge >= 0.3 is 0 Å². The third-order valence-corrected chi connectivity index (χ3v) is 10.5. The summed E-state index contributed by atoms with van der Waals surface area (Å²) in [6, 6.07) is 51.7. The smallest absolute Gasteiger partial charge is 0.247 e. The molecule has 0 radical (unpaired) electrons. The summed E-state index contributed by atoms with van der Waals surface area (Å²) in [7, 11) is 0. The van der Waals surface area contributed by atoms with Crippen LogP contribution in [0.25, 0.3) is 27.6 Å². The van der Waals surface area contributed by atoms with Crippen LogP contribution in [0.2, 0.25) is 0 Å². The highest BCUT2D eigenvalue weighted by molar-refractivity contribution is 6.98. The summed E-state index contributed by atoms with van der Waals surface area (Å²) in [6.07, 6.45) is 1.84. The topological polar surface area (TPSA) is 33.5 Å². The minimum Gasteiger partial charge on any atom is -0.457 e. The number of aryl methyl sites for hydroxylation is 2. The van der Waals surface area contributed by atoms with Crippen LogP contribution in [0.15, 0.2) is 152 Å². The molecule has 4 heterocycles. The van der Waals surface area contributed by atoms with Crippen molar-refractivity contribution in [2.24, 2.45) is 0 Å². The van der Waals surface area contributed by atoms with E-state index in [-0.39, 0.29) is 6.71 Å². The first-order valence-corrected chi connectivity index (χ1v) is 17.2. The van der Waals surface area contributed by atoms with Crippen molar-refractivity contribution in [1.82, 2.24) is 9.55 Å². The van der Waals surface area contributed by atoms with Gasteiger partial charge in [-0.3, -0.25) is 4.57 Å². The predicted molar refractivity (Wildman–Crippen MR) is 208 cm³/mol. The molecule has 10 rings (SSSR count). The van der Waals surface area contributed by atoms with E-state index in [0.717, 1.165) is 35.0 Å². The molecule has 8 aromatic rings. The lowest BCUT2D eigenvalue weighted by Gasteiger charge is -2.34. The molecule has 0 bridgehead atoms. The fourth-order valence-electron chi connectivity index (χ4n) is 8.32. The Balaban J connectivity index is 1.12. The van der Waals surface area contributed by atoms with Crippen LogP contribution in [0.1, 0.15) is 11.1 Å². The van der Waals surface area contributed by atoms with Gasteiger partial charge in [-0.05, 0) is 79.4 Å². The fourth-order valence-corrected chi connectivity index (χ4v) is 8.32. The fraction of sp³-hybridized carbons (Fsp3) is 0.0682. The van der Waals surface area contributed by atoms with E-state index in [4.69, 9.17) is 9.72 Å². The summed E-state index contributed by atoms with van der Waals surface area (Å²) < 4.78 is 8.99.